The summed E-state index contributed by atoms with van der Waals surface area (Å²) < 4.78 is 2.02. The number of aromatic nitrogens is 1. The van der Waals surface area contributed by atoms with E-state index in [9.17, 15) is 19.7 Å². The van der Waals surface area contributed by atoms with Crippen molar-refractivity contribution in [1.29, 1.82) is 0 Å². The van der Waals surface area contributed by atoms with E-state index >= 15 is 0 Å². The number of nitrogens with zero attached hydrogens (tertiary/aromatic N) is 2. The maximum atomic E-state index is 11.7. The molecule has 1 aliphatic heterocycles. The molecule has 2 unspecified atom stereocenters. The number of urea groups is 1. The Hall–Kier alpha value is -3.16. The van der Waals surface area contributed by atoms with Crippen molar-refractivity contribution < 1.29 is 14.5 Å². The van der Waals surface area contributed by atoms with Gasteiger partial charge < -0.3 is 9.88 Å². The van der Waals surface area contributed by atoms with Crippen LogP contribution in [0.5, 0.6) is 0 Å². The molecule has 1 saturated heterocycles. The number of para-hydroxylation sites is 1. The predicted molar refractivity (Wildman–Crippen MR) is 87.9 cm³/mol. The lowest BCUT2D eigenvalue weighted by atomic mass is 10.0. The molecule has 1 fully saturated rings. The van der Waals surface area contributed by atoms with Gasteiger partial charge in [0, 0.05) is 34.1 Å². The number of carbonyl (C=O) groups is 2. The summed E-state index contributed by atoms with van der Waals surface area (Å²) in [5.74, 6) is -0.909. The standard InChI is InChI=1S/C16H16N4O4/c1-9-10(11-5-3-4-6-13(11)19(9)2)7-8-12-14(20(23)24)15(21)18-16(22)17-12/h3-8,12,14H,1-2H3,(H2,17,18,21,22)/b8-7+. The van der Waals surface area contributed by atoms with Crippen LogP contribution in [0.25, 0.3) is 17.0 Å². The maximum Gasteiger partial charge on any atom is 0.322 e. The highest BCUT2D eigenvalue weighted by atomic mass is 16.6. The van der Waals surface area contributed by atoms with Crippen molar-refractivity contribution in [2.45, 2.75) is 19.0 Å². The van der Waals surface area contributed by atoms with Crippen molar-refractivity contribution in [2.24, 2.45) is 7.05 Å². The van der Waals surface area contributed by atoms with E-state index in [0.29, 0.717) is 0 Å². The van der Waals surface area contributed by atoms with Crippen LogP contribution in [0, 0.1) is 17.0 Å². The Morgan fingerprint density at radius 2 is 2.00 bits per heavy atom. The summed E-state index contributed by atoms with van der Waals surface area (Å²) in [6.45, 7) is 1.94. The molecular formula is C16H16N4O4. The molecule has 0 aliphatic carbocycles. The van der Waals surface area contributed by atoms with Gasteiger partial charge in [-0.2, -0.15) is 0 Å². The van der Waals surface area contributed by atoms with Crippen molar-refractivity contribution in [3.05, 3.63) is 51.7 Å². The molecule has 24 heavy (non-hydrogen) atoms. The number of aryl methyl sites for hydroxylation is 1. The second-order valence-electron chi connectivity index (χ2n) is 5.65. The van der Waals surface area contributed by atoms with Crippen LogP contribution in [0.2, 0.25) is 0 Å². The Kier molecular flexibility index (Phi) is 3.80. The fraction of sp³-hybridized carbons (Fsp3) is 0.250. The average Bonchev–Trinajstić information content (AvgIpc) is 2.76. The highest BCUT2D eigenvalue weighted by Gasteiger charge is 2.43. The maximum absolute atomic E-state index is 11.7. The third-order valence-electron chi connectivity index (χ3n) is 4.29. The zero-order valence-corrected chi connectivity index (χ0v) is 13.1. The Balaban J connectivity index is 2.01. The number of carbonyl (C=O) groups excluding carboxylic acids is 2. The van der Waals surface area contributed by atoms with Crippen LogP contribution >= 0.6 is 0 Å². The van der Waals surface area contributed by atoms with E-state index in [-0.39, 0.29) is 0 Å². The molecule has 0 radical (unpaired) electrons. The predicted octanol–water partition coefficient (Wildman–Crippen LogP) is 1.35. The molecule has 0 bridgehead atoms. The number of imide groups is 1. The highest BCUT2D eigenvalue weighted by molar-refractivity contribution is 6.00. The quantitative estimate of drug-likeness (QED) is 0.655. The molecular weight excluding hydrogens is 312 g/mol. The molecule has 2 N–H and O–H groups in total. The van der Waals surface area contributed by atoms with Gasteiger partial charge in [-0.25, -0.2) is 4.79 Å². The summed E-state index contributed by atoms with van der Waals surface area (Å²) in [5.41, 5.74) is 2.91. The number of nitrogens with one attached hydrogen (secondary N) is 2. The zero-order valence-electron chi connectivity index (χ0n) is 13.1. The summed E-state index contributed by atoms with van der Waals surface area (Å²) in [4.78, 5) is 33.6. The fourth-order valence-electron chi connectivity index (χ4n) is 2.96. The monoisotopic (exact) mass is 328 g/mol. The molecule has 3 rings (SSSR count). The number of hydrogen-bond acceptors (Lipinski definition) is 4. The van der Waals surface area contributed by atoms with E-state index in [1.54, 1.807) is 6.08 Å². The van der Waals surface area contributed by atoms with E-state index in [2.05, 4.69) is 5.32 Å². The number of nitro groups is 1. The Labute approximate surface area is 137 Å². The number of hydrogen-bond donors (Lipinski definition) is 2. The number of amides is 3. The van der Waals surface area contributed by atoms with E-state index < -0.39 is 28.9 Å². The molecule has 1 aromatic carbocycles. The second-order valence-corrected chi connectivity index (χ2v) is 5.65. The van der Waals surface area contributed by atoms with Gasteiger partial charge in [0.25, 0.3) is 0 Å². The minimum Gasteiger partial charge on any atom is -0.347 e. The fourth-order valence-corrected chi connectivity index (χ4v) is 2.96. The molecule has 3 amide bonds. The van der Waals surface area contributed by atoms with Crippen molar-refractivity contribution in [3.8, 4) is 0 Å². The summed E-state index contributed by atoms with van der Waals surface area (Å²) in [5, 5.41) is 16.5. The minimum atomic E-state index is -1.55. The van der Waals surface area contributed by atoms with Crippen molar-refractivity contribution in [3.63, 3.8) is 0 Å². The van der Waals surface area contributed by atoms with Crippen LogP contribution in [0.3, 0.4) is 0 Å². The van der Waals surface area contributed by atoms with Crippen molar-refractivity contribution in [2.75, 3.05) is 0 Å². The first-order valence-corrected chi connectivity index (χ1v) is 7.37. The van der Waals surface area contributed by atoms with E-state index in [1.807, 2.05) is 48.1 Å². The van der Waals surface area contributed by atoms with Gasteiger partial charge in [0.05, 0.1) is 0 Å². The van der Waals surface area contributed by atoms with Gasteiger partial charge >= 0.3 is 18.0 Å². The SMILES string of the molecule is Cc1c(/C=C/C2NC(=O)NC(=O)C2[N+](=O)[O-])c2ccccc2n1C. The molecule has 124 valence electrons. The molecule has 1 aliphatic rings. The van der Waals surface area contributed by atoms with E-state index in [0.717, 1.165) is 22.2 Å². The molecule has 0 saturated carbocycles. The second kappa shape index (κ2) is 5.80. The van der Waals surface area contributed by atoms with Gasteiger partial charge in [0.1, 0.15) is 6.04 Å². The topological polar surface area (TPSA) is 106 Å². The molecule has 1 aromatic heterocycles. The third kappa shape index (κ3) is 2.51. The molecule has 8 heteroatoms. The number of fused-ring (bicyclic) bond motifs is 1. The van der Waals surface area contributed by atoms with E-state index in [4.69, 9.17) is 0 Å². The van der Waals surface area contributed by atoms with Crippen LogP contribution < -0.4 is 10.6 Å². The van der Waals surface area contributed by atoms with Gasteiger partial charge in [0.2, 0.25) is 0 Å². The zero-order chi connectivity index (χ0) is 17.4. The lowest BCUT2D eigenvalue weighted by Crippen LogP contribution is -2.62. The van der Waals surface area contributed by atoms with Crippen molar-refractivity contribution >= 4 is 28.9 Å². The lowest BCUT2D eigenvalue weighted by molar-refractivity contribution is -0.510. The Morgan fingerprint density at radius 3 is 2.71 bits per heavy atom. The first-order chi connectivity index (χ1) is 11.4. The van der Waals surface area contributed by atoms with Crippen LogP contribution in [0.4, 0.5) is 4.79 Å². The first kappa shape index (κ1) is 15.7. The van der Waals surface area contributed by atoms with Crippen LogP contribution in [-0.4, -0.2) is 33.5 Å². The van der Waals surface area contributed by atoms with Crippen LogP contribution in [0.15, 0.2) is 30.3 Å². The highest BCUT2D eigenvalue weighted by Crippen LogP contribution is 2.26. The number of benzene rings is 1. The lowest BCUT2D eigenvalue weighted by Gasteiger charge is -2.23. The first-order valence-electron chi connectivity index (χ1n) is 7.37. The summed E-state index contributed by atoms with van der Waals surface area (Å²) in [6.07, 6.45) is 3.22. The Bertz CT molecular complexity index is 884. The Morgan fingerprint density at radius 1 is 1.29 bits per heavy atom. The average molecular weight is 328 g/mol. The smallest absolute Gasteiger partial charge is 0.322 e. The molecule has 2 aromatic rings. The summed E-state index contributed by atoms with van der Waals surface area (Å²) in [7, 11) is 1.94. The summed E-state index contributed by atoms with van der Waals surface area (Å²) >= 11 is 0. The third-order valence-corrected chi connectivity index (χ3v) is 4.29. The largest absolute Gasteiger partial charge is 0.347 e. The van der Waals surface area contributed by atoms with Crippen LogP contribution in [0.1, 0.15) is 11.3 Å². The van der Waals surface area contributed by atoms with Gasteiger partial charge in [-0.1, -0.05) is 30.4 Å². The van der Waals surface area contributed by atoms with Crippen molar-refractivity contribution in [1.82, 2.24) is 15.2 Å². The van der Waals surface area contributed by atoms with Gasteiger partial charge in [-0.05, 0) is 13.0 Å². The molecule has 2 atom stereocenters. The molecule has 8 nitrogen and oxygen atoms in total. The molecule has 2 heterocycles. The normalized spacial score (nSPS) is 21.1. The van der Waals surface area contributed by atoms with E-state index in [1.165, 1.54) is 6.08 Å². The molecule has 0 spiro atoms. The van der Waals surface area contributed by atoms with Gasteiger partial charge in [-0.15, -0.1) is 0 Å². The summed E-state index contributed by atoms with van der Waals surface area (Å²) in [6, 6.07) is 4.50. The minimum absolute atomic E-state index is 0.695. The number of rotatable bonds is 3. The van der Waals surface area contributed by atoms with Gasteiger partial charge in [-0.3, -0.25) is 20.2 Å². The van der Waals surface area contributed by atoms with Gasteiger partial charge in [0.15, 0.2) is 0 Å². The van der Waals surface area contributed by atoms with Crippen LogP contribution in [-0.2, 0) is 11.8 Å².